The zero-order valence-corrected chi connectivity index (χ0v) is 13.8. The van der Waals surface area contributed by atoms with Gasteiger partial charge in [-0.3, -0.25) is 9.88 Å². The van der Waals surface area contributed by atoms with Crippen LogP contribution in [0.25, 0.3) is 0 Å². The number of nitrogens with zero attached hydrogens (tertiary/aromatic N) is 3. The van der Waals surface area contributed by atoms with E-state index in [2.05, 4.69) is 26.4 Å². The van der Waals surface area contributed by atoms with Gasteiger partial charge < -0.3 is 14.8 Å². The predicted molar refractivity (Wildman–Crippen MR) is 91.5 cm³/mol. The number of likely N-dealkylation sites (tertiary alicyclic amines) is 1. The lowest BCUT2D eigenvalue weighted by molar-refractivity contribution is -0.00517. The molecule has 3 rings (SSSR count). The monoisotopic (exact) mass is 328 g/mol. The van der Waals surface area contributed by atoms with Crippen LogP contribution in [0.2, 0.25) is 0 Å². The lowest BCUT2D eigenvalue weighted by Crippen LogP contribution is -2.36. The van der Waals surface area contributed by atoms with Crippen LogP contribution in [-0.4, -0.2) is 44.2 Å². The summed E-state index contributed by atoms with van der Waals surface area (Å²) >= 11 is 0. The van der Waals surface area contributed by atoms with Gasteiger partial charge in [-0.25, -0.2) is 4.98 Å². The zero-order chi connectivity index (χ0) is 16.8. The largest absolute Gasteiger partial charge is 0.506 e. The third kappa shape index (κ3) is 4.21. The first-order chi connectivity index (χ1) is 11.8. The molecule has 0 radical (unpaired) electrons. The highest BCUT2D eigenvalue weighted by Gasteiger charge is 2.21. The van der Waals surface area contributed by atoms with Crippen LogP contribution in [0, 0.1) is 0 Å². The number of aromatic nitrogens is 3. The Morgan fingerprint density at radius 1 is 1.29 bits per heavy atom. The van der Waals surface area contributed by atoms with Gasteiger partial charge in [-0.15, -0.1) is 6.58 Å². The fourth-order valence-corrected chi connectivity index (χ4v) is 3.08. The fourth-order valence-electron chi connectivity index (χ4n) is 3.08. The predicted octanol–water partition coefficient (Wildman–Crippen LogP) is 2.42. The molecule has 0 amide bonds. The summed E-state index contributed by atoms with van der Waals surface area (Å²) in [6.45, 7) is 7.13. The summed E-state index contributed by atoms with van der Waals surface area (Å²) in [6, 6.07) is 0. The van der Waals surface area contributed by atoms with Crippen LogP contribution >= 0.6 is 0 Å². The molecule has 0 atom stereocenters. The molecule has 128 valence electrons. The number of H-pyrrole nitrogens is 1. The van der Waals surface area contributed by atoms with Crippen molar-refractivity contribution >= 4 is 0 Å². The summed E-state index contributed by atoms with van der Waals surface area (Å²) in [5.74, 6) is 0.255. The van der Waals surface area contributed by atoms with Crippen molar-refractivity contribution in [2.75, 3.05) is 13.1 Å². The zero-order valence-electron chi connectivity index (χ0n) is 13.8. The molecule has 1 aliphatic heterocycles. The second-order valence-electron chi connectivity index (χ2n) is 6.15. The van der Waals surface area contributed by atoms with E-state index in [4.69, 9.17) is 4.74 Å². The molecule has 1 saturated heterocycles. The standard InChI is InChI=1S/C18H24N4O2/c1-2-3-17-14(8-19-10-18(17)23)11-22-6-4-16(5-7-22)24-12-15-9-20-13-21-15/h2,8-10,13,16,23H,1,3-7,11-12H2,(H,20,21). The van der Waals surface area contributed by atoms with Gasteiger partial charge in [0.25, 0.3) is 0 Å². The summed E-state index contributed by atoms with van der Waals surface area (Å²) in [5, 5.41) is 10.00. The number of imidazole rings is 1. The average Bonchev–Trinajstić information content (AvgIpc) is 3.11. The molecule has 2 aromatic rings. The normalized spacial score (nSPS) is 16.3. The van der Waals surface area contributed by atoms with Crippen LogP contribution in [0.3, 0.4) is 0 Å². The molecule has 1 aliphatic rings. The molecule has 24 heavy (non-hydrogen) atoms. The van der Waals surface area contributed by atoms with Gasteiger partial charge in [-0.1, -0.05) is 6.08 Å². The number of pyridine rings is 1. The Kier molecular flexibility index (Phi) is 5.61. The summed E-state index contributed by atoms with van der Waals surface area (Å²) in [4.78, 5) is 13.6. The minimum absolute atomic E-state index is 0.255. The van der Waals surface area contributed by atoms with Crippen molar-refractivity contribution in [2.45, 2.75) is 38.5 Å². The van der Waals surface area contributed by atoms with Crippen LogP contribution < -0.4 is 0 Å². The van der Waals surface area contributed by atoms with Crippen molar-refractivity contribution in [3.8, 4) is 5.75 Å². The number of hydrogen-bond donors (Lipinski definition) is 2. The molecule has 0 unspecified atom stereocenters. The highest BCUT2D eigenvalue weighted by molar-refractivity contribution is 5.37. The van der Waals surface area contributed by atoms with Gasteiger partial charge in [0.1, 0.15) is 5.75 Å². The Balaban J connectivity index is 1.50. The molecule has 2 aromatic heterocycles. The Bertz CT molecular complexity index is 649. The smallest absolute Gasteiger partial charge is 0.137 e. The number of piperidine rings is 1. The number of aromatic hydroxyl groups is 1. The van der Waals surface area contributed by atoms with Crippen molar-refractivity contribution < 1.29 is 9.84 Å². The van der Waals surface area contributed by atoms with Crippen molar-refractivity contribution in [2.24, 2.45) is 0 Å². The van der Waals surface area contributed by atoms with Gasteiger partial charge in [0.2, 0.25) is 0 Å². The van der Waals surface area contributed by atoms with Crippen molar-refractivity contribution in [3.05, 3.63) is 54.4 Å². The maximum Gasteiger partial charge on any atom is 0.137 e. The Morgan fingerprint density at radius 3 is 2.83 bits per heavy atom. The highest BCUT2D eigenvalue weighted by Crippen LogP contribution is 2.24. The molecule has 0 saturated carbocycles. The molecule has 0 aliphatic carbocycles. The van der Waals surface area contributed by atoms with E-state index >= 15 is 0 Å². The molecule has 6 heteroatoms. The maximum atomic E-state index is 10.00. The average molecular weight is 328 g/mol. The number of aromatic amines is 1. The third-order valence-corrected chi connectivity index (χ3v) is 4.43. The molecular formula is C18H24N4O2. The van der Waals surface area contributed by atoms with E-state index in [1.807, 2.05) is 12.3 Å². The second kappa shape index (κ2) is 8.08. The van der Waals surface area contributed by atoms with Crippen LogP contribution in [-0.2, 0) is 24.3 Å². The number of rotatable bonds is 7. The minimum Gasteiger partial charge on any atom is -0.506 e. The van der Waals surface area contributed by atoms with E-state index in [9.17, 15) is 5.11 Å². The molecular weight excluding hydrogens is 304 g/mol. The molecule has 1 fully saturated rings. The molecule has 0 aromatic carbocycles. The number of ether oxygens (including phenoxy) is 1. The van der Waals surface area contributed by atoms with E-state index < -0.39 is 0 Å². The molecule has 3 heterocycles. The Hall–Kier alpha value is -2.18. The summed E-state index contributed by atoms with van der Waals surface area (Å²) in [5.41, 5.74) is 3.02. The topological polar surface area (TPSA) is 74.3 Å². The van der Waals surface area contributed by atoms with Crippen LogP contribution in [0.5, 0.6) is 5.75 Å². The first kappa shape index (κ1) is 16.7. The van der Waals surface area contributed by atoms with E-state index in [1.54, 1.807) is 12.5 Å². The van der Waals surface area contributed by atoms with E-state index in [0.717, 1.165) is 49.3 Å². The lowest BCUT2D eigenvalue weighted by Gasteiger charge is -2.32. The number of hydrogen-bond acceptors (Lipinski definition) is 5. The Morgan fingerprint density at radius 2 is 2.12 bits per heavy atom. The second-order valence-corrected chi connectivity index (χ2v) is 6.15. The Labute approximate surface area is 142 Å². The van der Waals surface area contributed by atoms with Crippen LogP contribution in [0.15, 0.2) is 37.6 Å². The van der Waals surface area contributed by atoms with E-state index in [1.165, 1.54) is 6.20 Å². The first-order valence-corrected chi connectivity index (χ1v) is 8.33. The minimum atomic E-state index is 0.255. The van der Waals surface area contributed by atoms with Crippen LogP contribution in [0.1, 0.15) is 29.7 Å². The summed E-state index contributed by atoms with van der Waals surface area (Å²) in [6.07, 6.45) is 11.6. The van der Waals surface area contributed by atoms with Gasteiger partial charge in [-0.05, 0) is 24.8 Å². The SMILES string of the molecule is C=CCc1c(O)cncc1CN1CCC(OCc2cnc[nH]2)CC1. The van der Waals surface area contributed by atoms with E-state index in [0.29, 0.717) is 19.1 Å². The highest BCUT2D eigenvalue weighted by atomic mass is 16.5. The van der Waals surface area contributed by atoms with E-state index in [-0.39, 0.29) is 5.75 Å². The van der Waals surface area contributed by atoms with Gasteiger partial charge in [-0.2, -0.15) is 0 Å². The van der Waals surface area contributed by atoms with Gasteiger partial charge in [0, 0.05) is 31.4 Å². The van der Waals surface area contributed by atoms with Gasteiger partial charge in [0.15, 0.2) is 0 Å². The van der Waals surface area contributed by atoms with Crippen molar-refractivity contribution in [1.29, 1.82) is 0 Å². The first-order valence-electron chi connectivity index (χ1n) is 8.33. The maximum absolute atomic E-state index is 10.00. The molecule has 2 N–H and O–H groups in total. The van der Waals surface area contributed by atoms with Gasteiger partial charge in [0.05, 0.1) is 37.1 Å². The van der Waals surface area contributed by atoms with Crippen LogP contribution in [0.4, 0.5) is 0 Å². The summed E-state index contributed by atoms with van der Waals surface area (Å²) in [7, 11) is 0. The van der Waals surface area contributed by atoms with Crippen molar-refractivity contribution in [3.63, 3.8) is 0 Å². The lowest BCUT2D eigenvalue weighted by atomic mass is 10.0. The van der Waals surface area contributed by atoms with Gasteiger partial charge >= 0.3 is 0 Å². The molecule has 6 nitrogen and oxygen atoms in total. The number of allylic oxidation sites excluding steroid dienone is 1. The van der Waals surface area contributed by atoms with Crippen molar-refractivity contribution in [1.82, 2.24) is 19.9 Å². The molecule has 0 spiro atoms. The number of nitrogens with one attached hydrogen (secondary N) is 1. The fraction of sp³-hybridized carbons (Fsp3) is 0.444. The third-order valence-electron chi connectivity index (χ3n) is 4.43. The molecule has 0 bridgehead atoms. The summed E-state index contributed by atoms with van der Waals surface area (Å²) < 4.78 is 5.94. The quantitative estimate of drug-likeness (QED) is 0.764.